The minimum absolute atomic E-state index is 0.00120. The number of nitrogens with zero attached hydrogens (tertiary/aromatic N) is 1. The Labute approximate surface area is 94.4 Å². The Morgan fingerprint density at radius 1 is 1.38 bits per heavy atom. The molecular formula is C11H16N2O3. The number of carbonyl (C=O) groups is 2. The van der Waals surface area contributed by atoms with Crippen LogP contribution in [-0.4, -0.2) is 36.3 Å². The number of nitrogens with one attached hydrogen (secondary N) is 1. The molecule has 0 radical (unpaired) electrons. The van der Waals surface area contributed by atoms with E-state index >= 15 is 0 Å². The summed E-state index contributed by atoms with van der Waals surface area (Å²) in [5.41, 5.74) is 0. The Kier molecular flexibility index (Phi) is 4.57. The second kappa shape index (κ2) is 5.95. The number of rotatable bonds is 5. The summed E-state index contributed by atoms with van der Waals surface area (Å²) in [4.78, 5) is 24.6. The zero-order chi connectivity index (χ0) is 12.0. The molecule has 0 aromatic carbocycles. The maximum absolute atomic E-state index is 11.6. The molecule has 5 heteroatoms. The van der Waals surface area contributed by atoms with Crippen LogP contribution in [0.5, 0.6) is 0 Å². The topological polar surface area (TPSA) is 62.6 Å². The first kappa shape index (κ1) is 12.3. The summed E-state index contributed by atoms with van der Waals surface area (Å²) < 4.78 is 4.90. The van der Waals surface area contributed by atoms with Gasteiger partial charge in [-0.2, -0.15) is 0 Å². The number of hydrogen-bond acceptors (Lipinski definition) is 3. The molecule has 0 spiro atoms. The van der Waals surface area contributed by atoms with Gasteiger partial charge in [0.05, 0.1) is 12.8 Å². The fourth-order valence-corrected chi connectivity index (χ4v) is 1.34. The van der Waals surface area contributed by atoms with Crippen LogP contribution in [0.2, 0.25) is 0 Å². The summed E-state index contributed by atoms with van der Waals surface area (Å²) >= 11 is 0. The molecule has 5 nitrogen and oxygen atoms in total. The maximum Gasteiger partial charge on any atom is 0.287 e. The minimum atomic E-state index is -0.370. The molecular weight excluding hydrogens is 208 g/mol. The first-order valence-electron chi connectivity index (χ1n) is 5.28. The smallest absolute Gasteiger partial charge is 0.287 e. The minimum Gasteiger partial charge on any atom is -0.459 e. The molecule has 1 rings (SSSR count). The van der Waals surface area contributed by atoms with E-state index in [1.807, 2.05) is 13.8 Å². The first-order valence-corrected chi connectivity index (χ1v) is 5.28. The van der Waals surface area contributed by atoms with Gasteiger partial charge in [-0.1, -0.05) is 0 Å². The van der Waals surface area contributed by atoms with Gasteiger partial charge in [0.1, 0.15) is 0 Å². The van der Waals surface area contributed by atoms with Crippen LogP contribution in [0.15, 0.2) is 22.8 Å². The molecule has 1 aromatic heterocycles. The fraction of sp³-hybridized carbons (Fsp3) is 0.455. The highest BCUT2D eigenvalue weighted by atomic mass is 16.3. The molecule has 2 amide bonds. The number of amides is 2. The average molecular weight is 224 g/mol. The van der Waals surface area contributed by atoms with Gasteiger partial charge in [0, 0.05) is 13.1 Å². The third-order valence-corrected chi connectivity index (χ3v) is 2.26. The van der Waals surface area contributed by atoms with Gasteiger partial charge < -0.3 is 14.6 Å². The molecule has 1 aromatic rings. The normalized spacial score (nSPS) is 9.88. The van der Waals surface area contributed by atoms with Crippen molar-refractivity contribution in [1.29, 1.82) is 0 Å². The van der Waals surface area contributed by atoms with Crippen molar-refractivity contribution in [1.82, 2.24) is 10.2 Å². The number of carbonyl (C=O) groups excluding carboxylic acids is 2. The number of hydrogen-bond donors (Lipinski definition) is 1. The zero-order valence-corrected chi connectivity index (χ0v) is 9.53. The predicted molar refractivity (Wildman–Crippen MR) is 59.0 cm³/mol. The van der Waals surface area contributed by atoms with Crippen molar-refractivity contribution in [2.75, 3.05) is 19.6 Å². The molecule has 16 heavy (non-hydrogen) atoms. The lowest BCUT2D eigenvalue weighted by Gasteiger charge is -2.18. The Morgan fingerprint density at radius 3 is 2.56 bits per heavy atom. The van der Waals surface area contributed by atoms with E-state index in [2.05, 4.69) is 5.32 Å². The summed E-state index contributed by atoms with van der Waals surface area (Å²) in [6.45, 7) is 5.09. The van der Waals surface area contributed by atoms with Crippen LogP contribution in [0.1, 0.15) is 24.4 Å². The van der Waals surface area contributed by atoms with Gasteiger partial charge in [0.25, 0.3) is 5.91 Å². The third-order valence-electron chi connectivity index (χ3n) is 2.26. The monoisotopic (exact) mass is 224 g/mol. The lowest BCUT2D eigenvalue weighted by Crippen LogP contribution is -2.39. The SMILES string of the molecule is CCN(CC)C(=O)CNC(=O)c1ccco1. The summed E-state index contributed by atoms with van der Waals surface area (Å²) in [6.07, 6.45) is 1.42. The van der Waals surface area contributed by atoms with Gasteiger partial charge in [-0.15, -0.1) is 0 Å². The van der Waals surface area contributed by atoms with Crippen LogP contribution >= 0.6 is 0 Å². The van der Waals surface area contributed by atoms with E-state index in [-0.39, 0.29) is 24.1 Å². The van der Waals surface area contributed by atoms with Crippen LogP contribution in [0.3, 0.4) is 0 Å². The molecule has 0 aliphatic carbocycles. The largest absolute Gasteiger partial charge is 0.459 e. The number of furan rings is 1. The molecule has 0 aliphatic heterocycles. The van der Waals surface area contributed by atoms with E-state index in [1.165, 1.54) is 6.26 Å². The molecule has 1 N–H and O–H groups in total. The van der Waals surface area contributed by atoms with Gasteiger partial charge in [-0.25, -0.2) is 0 Å². The second-order valence-electron chi connectivity index (χ2n) is 3.23. The summed E-state index contributed by atoms with van der Waals surface area (Å²) in [5.74, 6) is -0.247. The molecule has 1 heterocycles. The van der Waals surface area contributed by atoms with Crippen LogP contribution in [-0.2, 0) is 4.79 Å². The highest BCUT2D eigenvalue weighted by Crippen LogP contribution is 1.98. The fourth-order valence-electron chi connectivity index (χ4n) is 1.34. The highest BCUT2D eigenvalue weighted by molar-refractivity contribution is 5.94. The standard InChI is InChI=1S/C11H16N2O3/c1-3-13(4-2)10(14)8-12-11(15)9-6-5-7-16-9/h5-7H,3-4,8H2,1-2H3,(H,12,15). The predicted octanol–water partition coefficient (Wildman–Crippen LogP) is 0.878. The molecule has 0 aliphatic rings. The molecule has 0 saturated carbocycles. The Bertz CT molecular complexity index is 342. The first-order chi connectivity index (χ1) is 7.69. The third kappa shape index (κ3) is 3.12. The maximum atomic E-state index is 11.6. The van der Waals surface area contributed by atoms with E-state index in [4.69, 9.17) is 4.42 Å². The van der Waals surface area contributed by atoms with Crippen molar-refractivity contribution in [2.45, 2.75) is 13.8 Å². The van der Waals surface area contributed by atoms with E-state index in [0.717, 1.165) is 0 Å². The summed E-state index contributed by atoms with van der Waals surface area (Å²) in [5, 5.41) is 2.51. The molecule has 0 saturated heterocycles. The average Bonchev–Trinajstić information content (AvgIpc) is 2.81. The van der Waals surface area contributed by atoms with Crippen LogP contribution < -0.4 is 5.32 Å². The van der Waals surface area contributed by atoms with Crippen molar-refractivity contribution in [3.8, 4) is 0 Å². The molecule has 0 atom stereocenters. The lowest BCUT2D eigenvalue weighted by atomic mass is 10.4. The van der Waals surface area contributed by atoms with Crippen LogP contribution in [0, 0.1) is 0 Å². The summed E-state index contributed by atoms with van der Waals surface area (Å²) in [7, 11) is 0. The molecule has 88 valence electrons. The van der Waals surface area contributed by atoms with Crippen molar-refractivity contribution in [2.24, 2.45) is 0 Å². The van der Waals surface area contributed by atoms with Gasteiger partial charge in [-0.05, 0) is 26.0 Å². The van der Waals surface area contributed by atoms with Crippen molar-refractivity contribution in [3.05, 3.63) is 24.2 Å². The number of likely N-dealkylation sites (N-methyl/N-ethyl adjacent to an activating group) is 1. The van der Waals surface area contributed by atoms with E-state index in [0.29, 0.717) is 13.1 Å². The van der Waals surface area contributed by atoms with E-state index in [9.17, 15) is 9.59 Å². The Morgan fingerprint density at radius 2 is 2.06 bits per heavy atom. The Hall–Kier alpha value is -1.78. The lowest BCUT2D eigenvalue weighted by molar-refractivity contribution is -0.129. The van der Waals surface area contributed by atoms with Crippen LogP contribution in [0.25, 0.3) is 0 Å². The van der Waals surface area contributed by atoms with Crippen molar-refractivity contribution < 1.29 is 14.0 Å². The molecule has 0 bridgehead atoms. The van der Waals surface area contributed by atoms with Gasteiger partial charge in [0.2, 0.25) is 5.91 Å². The second-order valence-corrected chi connectivity index (χ2v) is 3.23. The molecule has 0 unspecified atom stereocenters. The zero-order valence-electron chi connectivity index (χ0n) is 9.53. The summed E-state index contributed by atoms with van der Waals surface area (Å²) in [6, 6.07) is 3.18. The van der Waals surface area contributed by atoms with Crippen molar-refractivity contribution >= 4 is 11.8 Å². The van der Waals surface area contributed by atoms with Gasteiger partial charge in [0.15, 0.2) is 5.76 Å². The van der Waals surface area contributed by atoms with Gasteiger partial charge >= 0.3 is 0 Å². The van der Waals surface area contributed by atoms with Crippen molar-refractivity contribution in [3.63, 3.8) is 0 Å². The van der Waals surface area contributed by atoms with E-state index < -0.39 is 0 Å². The molecule has 0 fully saturated rings. The van der Waals surface area contributed by atoms with E-state index in [1.54, 1.807) is 17.0 Å². The quantitative estimate of drug-likeness (QED) is 0.807. The van der Waals surface area contributed by atoms with Crippen LogP contribution in [0.4, 0.5) is 0 Å². The Balaban J connectivity index is 2.40. The highest BCUT2D eigenvalue weighted by Gasteiger charge is 2.13. The van der Waals surface area contributed by atoms with Gasteiger partial charge in [-0.3, -0.25) is 9.59 Å².